The number of fused-ring (bicyclic) bond motifs is 3. The number of rotatable bonds is 9. The topological polar surface area (TPSA) is 43.4 Å². The van der Waals surface area contributed by atoms with Crippen molar-refractivity contribution >= 4 is 56.1 Å². The molecule has 9 aromatic carbocycles. The highest BCUT2D eigenvalue weighted by Gasteiger charge is 2.17. The highest BCUT2D eigenvalue weighted by Crippen LogP contribution is 2.41. The van der Waals surface area contributed by atoms with Crippen LogP contribution in [-0.2, 0) is 0 Å². The van der Waals surface area contributed by atoms with Gasteiger partial charge in [0.05, 0.1) is 11.6 Å². The van der Waals surface area contributed by atoms with E-state index in [0.717, 1.165) is 67.2 Å². The molecule has 4 heteroatoms. The third kappa shape index (κ3) is 6.99. The maximum absolute atomic E-state index is 9.52. The van der Waals surface area contributed by atoms with Crippen molar-refractivity contribution in [3.05, 3.63) is 230 Å². The van der Waals surface area contributed by atoms with Gasteiger partial charge >= 0.3 is 0 Å². The Balaban J connectivity index is 0.982. The zero-order valence-corrected chi connectivity index (χ0v) is 32.1. The normalized spacial score (nSPS) is 11.0. The first-order valence-electron chi connectivity index (χ1n) is 19.7. The van der Waals surface area contributed by atoms with Gasteiger partial charge in [0.25, 0.3) is 0 Å². The van der Waals surface area contributed by atoms with Crippen LogP contribution in [0.3, 0.4) is 0 Å². The molecule has 1 heterocycles. The second-order valence-corrected chi connectivity index (χ2v) is 14.5. The number of nitrogens with zero attached hydrogens (tertiary/aromatic N) is 3. The molecule has 4 nitrogen and oxygen atoms in total. The maximum Gasteiger partial charge on any atom is 0.135 e. The summed E-state index contributed by atoms with van der Waals surface area (Å²) >= 11 is 0. The molecule has 10 aromatic rings. The van der Waals surface area contributed by atoms with Crippen LogP contribution in [0.25, 0.3) is 55.3 Å². The van der Waals surface area contributed by atoms with Crippen LogP contribution in [0, 0.1) is 11.3 Å². The van der Waals surface area contributed by atoms with E-state index in [1.165, 1.54) is 22.3 Å². The fourth-order valence-electron chi connectivity index (χ4n) is 7.91. The minimum absolute atomic E-state index is 0.621. The molecule has 0 N–H and O–H groups in total. The van der Waals surface area contributed by atoms with Crippen molar-refractivity contribution in [1.29, 1.82) is 5.26 Å². The number of nitriles is 1. The first-order chi connectivity index (χ1) is 29.2. The van der Waals surface area contributed by atoms with Gasteiger partial charge in [-0.05, 0) is 130 Å². The van der Waals surface area contributed by atoms with Gasteiger partial charge in [-0.3, -0.25) is 0 Å². The molecule has 0 aliphatic heterocycles. The summed E-state index contributed by atoms with van der Waals surface area (Å²) in [5.41, 5.74) is 15.5. The minimum Gasteiger partial charge on any atom is -0.456 e. The van der Waals surface area contributed by atoms with Gasteiger partial charge in [0, 0.05) is 44.9 Å². The molecule has 0 aliphatic rings. The quantitative estimate of drug-likeness (QED) is 0.147. The lowest BCUT2D eigenvalue weighted by molar-refractivity contribution is 0.669. The molecular formula is C55H37N3O. The smallest absolute Gasteiger partial charge is 0.135 e. The van der Waals surface area contributed by atoms with Gasteiger partial charge in [-0.1, -0.05) is 127 Å². The van der Waals surface area contributed by atoms with Crippen LogP contribution in [-0.4, -0.2) is 0 Å². The lowest BCUT2D eigenvalue weighted by Gasteiger charge is -2.26. The molecule has 0 fully saturated rings. The number of para-hydroxylation sites is 1. The first-order valence-corrected chi connectivity index (χ1v) is 19.7. The summed E-state index contributed by atoms with van der Waals surface area (Å²) in [7, 11) is 0. The number of furan rings is 1. The fourth-order valence-corrected chi connectivity index (χ4v) is 7.91. The molecular weight excluding hydrogens is 719 g/mol. The lowest BCUT2D eigenvalue weighted by Crippen LogP contribution is -2.10. The van der Waals surface area contributed by atoms with E-state index in [4.69, 9.17) is 4.42 Å². The number of benzene rings is 9. The van der Waals surface area contributed by atoms with Crippen LogP contribution in [0.15, 0.2) is 229 Å². The van der Waals surface area contributed by atoms with Gasteiger partial charge in [-0.25, -0.2) is 0 Å². The van der Waals surface area contributed by atoms with Crippen molar-refractivity contribution in [3.8, 4) is 39.4 Å². The van der Waals surface area contributed by atoms with Crippen LogP contribution in [0.1, 0.15) is 5.56 Å². The van der Waals surface area contributed by atoms with Gasteiger partial charge in [0.1, 0.15) is 11.2 Å². The third-order valence-corrected chi connectivity index (χ3v) is 10.9. The second-order valence-electron chi connectivity index (χ2n) is 14.5. The van der Waals surface area contributed by atoms with Gasteiger partial charge in [0.15, 0.2) is 0 Å². The summed E-state index contributed by atoms with van der Waals surface area (Å²) in [6, 6.07) is 80.5. The Bertz CT molecular complexity index is 2970. The summed E-state index contributed by atoms with van der Waals surface area (Å²) in [5, 5.41) is 11.7. The standard InChI is InChI=1S/C55H37N3O/c56-38-39-15-25-46(26-16-39)58(51-35-36-55-53(37-51)52-13-7-8-14-54(52)59-55)50-33-23-45(24-34-50)44-21-31-49(32-22-44)57(47-27-17-42(18-28-47)40-9-3-1-4-10-40)48-29-19-43(20-30-48)41-11-5-2-6-12-41/h1-37H. The van der Waals surface area contributed by atoms with E-state index < -0.39 is 0 Å². The van der Waals surface area contributed by atoms with E-state index in [-0.39, 0.29) is 0 Å². The number of hydrogen-bond acceptors (Lipinski definition) is 4. The molecule has 0 amide bonds. The van der Waals surface area contributed by atoms with Crippen molar-refractivity contribution in [2.24, 2.45) is 0 Å². The maximum atomic E-state index is 9.52. The van der Waals surface area contributed by atoms with Gasteiger partial charge in [-0.15, -0.1) is 0 Å². The molecule has 278 valence electrons. The first kappa shape index (κ1) is 35.3. The van der Waals surface area contributed by atoms with E-state index in [9.17, 15) is 5.26 Å². The predicted octanol–water partition coefficient (Wildman–Crippen LogP) is 15.4. The van der Waals surface area contributed by atoms with Crippen LogP contribution < -0.4 is 9.80 Å². The summed E-state index contributed by atoms with van der Waals surface area (Å²) in [4.78, 5) is 4.53. The Labute approximate surface area is 343 Å². The molecule has 0 spiro atoms. The second kappa shape index (κ2) is 15.4. The number of hydrogen-bond donors (Lipinski definition) is 0. The molecule has 0 saturated carbocycles. The van der Waals surface area contributed by atoms with Crippen molar-refractivity contribution in [3.63, 3.8) is 0 Å². The average Bonchev–Trinajstić information content (AvgIpc) is 3.69. The SMILES string of the molecule is N#Cc1ccc(N(c2ccc(-c3ccc(N(c4ccc(-c5ccccc5)cc4)c4ccc(-c5ccccc5)cc4)cc3)cc2)c2ccc3oc4ccccc4c3c2)cc1. The molecule has 0 saturated heterocycles. The largest absolute Gasteiger partial charge is 0.456 e. The zero-order chi connectivity index (χ0) is 39.5. The lowest BCUT2D eigenvalue weighted by atomic mass is 10.0. The molecule has 0 radical (unpaired) electrons. The highest BCUT2D eigenvalue weighted by atomic mass is 16.3. The van der Waals surface area contributed by atoms with Crippen molar-refractivity contribution in [2.45, 2.75) is 0 Å². The van der Waals surface area contributed by atoms with Crippen LogP contribution >= 0.6 is 0 Å². The minimum atomic E-state index is 0.621. The Hall–Kier alpha value is -8.13. The number of anilines is 6. The predicted molar refractivity (Wildman–Crippen MR) is 244 cm³/mol. The van der Waals surface area contributed by atoms with Gasteiger partial charge in [0.2, 0.25) is 0 Å². The molecule has 1 aromatic heterocycles. The van der Waals surface area contributed by atoms with Gasteiger partial charge in [-0.2, -0.15) is 5.26 Å². The molecule has 0 aliphatic carbocycles. The van der Waals surface area contributed by atoms with E-state index in [1.54, 1.807) is 0 Å². The van der Waals surface area contributed by atoms with E-state index >= 15 is 0 Å². The Morgan fingerprint density at radius 3 is 1.08 bits per heavy atom. The zero-order valence-electron chi connectivity index (χ0n) is 32.1. The van der Waals surface area contributed by atoms with E-state index in [2.05, 4.69) is 180 Å². The Kier molecular flexibility index (Phi) is 9.23. The van der Waals surface area contributed by atoms with Crippen molar-refractivity contribution in [2.75, 3.05) is 9.80 Å². The molecule has 10 rings (SSSR count). The van der Waals surface area contributed by atoms with Crippen LogP contribution in [0.5, 0.6) is 0 Å². The van der Waals surface area contributed by atoms with Crippen LogP contribution in [0.2, 0.25) is 0 Å². The van der Waals surface area contributed by atoms with Crippen LogP contribution in [0.4, 0.5) is 34.1 Å². The molecule has 0 unspecified atom stereocenters. The summed E-state index contributed by atoms with van der Waals surface area (Å²) in [6.07, 6.45) is 0. The van der Waals surface area contributed by atoms with Crippen molar-refractivity contribution < 1.29 is 4.42 Å². The Morgan fingerprint density at radius 1 is 0.305 bits per heavy atom. The highest BCUT2D eigenvalue weighted by molar-refractivity contribution is 6.06. The monoisotopic (exact) mass is 755 g/mol. The summed E-state index contributed by atoms with van der Waals surface area (Å²) in [5.74, 6) is 0. The third-order valence-electron chi connectivity index (χ3n) is 10.9. The van der Waals surface area contributed by atoms with E-state index in [1.807, 2.05) is 60.7 Å². The molecule has 59 heavy (non-hydrogen) atoms. The molecule has 0 bridgehead atoms. The summed E-state index contributed by atoms with van der Waals surface area (Å²) in [6.45, 7) is 0. The fraction of sp³-hybridized carbons (Fsp3) is 0. The summed E-state index contributed by atoms with van der Waals surface area (Å²) < 4.78 is 6.15. The Morgan fingerprint density at radius 2 is 0.644 bits per heavy atom. The molecule has 0 atom stereocenters. The van der Waals surface area contributed by atoms with E-state index in [0.29, 0.717) is 5.56 Å². The van der Waals surface area contributed by atoms with Gasteiger partial charge < -0.3 is 14.2 Å². The average molecular weight is 756 g/mol. The van der Waals surface area contributed by atoms with Crippen molar-refractivity contribution in [1.82, 2.24) is 0 Å².